The van der Waals surface area contributed by atoms with Gasteiger partial charge in [0, 0.05) is 19.0 Å². The summed E-state index contributed by atoms with van der Waals surface area (Å²) in [5.41, 5.74) is 2.46. The highest BCUT2D eigenvalue weighted by molar-refractivity contribution is 9.10. The zero-order chi connectivity index (χ0) is 13.8. The molecule has 2 rings (SSSR count). The highest BCUT2D eigenvalue weighted by atomic mass is 79.9. The van der Waals surface area contributed by atoms with Crippen molar-refractivity contribution in [1.82, 2.24) is 15.1 Å². The standard InChI is InChI=1S/C15H26BrN3/c1-4-8-17-13(9-12-6-7-12)10-14-15(16)11(3)18-19(14)5-2/h12-13,17H,4-10H2,1-3H3. The minimum Gasteiger partial charge on any atom is -0.314 e. The molecule has 1 aliphatic carbocycles. The van der Waals surface area contributed by atoms with Crippen LogP contribution in [0.25, 0.3) is 0 Å². The lowest BCUT2D eigenvalue weighted by molar-refractivity contribution is 0.440. The van der Waals surface area contributed by atoms with Crippen molar-refractivity contribution >= 4 is 15.9 Å². The van der Waals surface area contributed by atoms with Crippen molar-refractivity contribution in [3.63, 3.8) is 0 Å². The first-order chi connectivity index (χ1) is 9.15. The van der Waals surface area contributed by atoms with Crippen molar-refractivity contribution in [3.05, 3.63) is 15.9 Å². The molecule has 0 spiro atoms. The minimum absolute atomic E-state index is 0.602. The Morgan fingerprint density at radius 1 is 1.42 bits per heavy atom. The fraction of sp³-hybridized carbons (Fsp3) is 0.800. The quantitative estimate of drug-likeness (QED) is 0.789. The molecule has 1 unspecified atom stereocenters. The van der Waals surface area contributed by atoms with E-state index in [1.54, 1.807) is 0 Å². The number of hydrogen-bond acceptors (Lipinski definition) is 2. The van der Waals surface area contributed by atoms with Crippen molar-refractivity contribution in [2.45, 2.75) is 65.5 Å². The smallest absolute Gasteiger partial charge is 0.0738 e. The van der Waals surface area contributed by atoms with E-state index in [0.29, 0.717) is 6.04 Å². The lowest BCUT2D eigenvalue weighted by Gasteiger charge is -2.19. The summed E-state index contributed by atoms with van der Waals surface area (Å²) in [6, 6.07) is 0.602. The largest absolute Gasteiger partial charge is 0.314 e. The molecule has 108 valence electrons. The summed E-state index contributed by atoms with van der Waals surface area (Å²) in [5, 5.41) is 8.31. The van der Waals surface area contributed by atoms with Crippen LogP contribution in [0.15, 0.2) is 4.47 Å². The topological polar surface area (TPSA) is 29.9 Å². The van der Waals surface area contributed by atoms with Crippen LogP contribution in [-0.4, -0.2) is 22.4 Å². The van der Waals surface area contributed by atoms with Crippen molar-refractivity contribution in [2.24, 2.45) is 5.92 Å². The van der Waals surface area contributed by atoms with E-state index in [4.69, 9.17) is 0 Å². The van der Waals surface area contributed by atoms with E-state index < -0.39 is 0 Å². The monoisotopic (exact) mass is 327 g/mol. The molecule has 19 heavy (non-hydrogen) atoms. The van der Waals surface area contributed by atoms with Gasteiger partial charge in [-0.3, -0.25) is 4.68 Å². The summed E-state index contributed by atoms with van der Waals surface area (Å²) < 4.78 is 3.35. The molecule has 1 aliphatic rings. The first-order valence-electron chi connectivity index (χ1n) is 7.60. The van der Waals surface area contributed by atoms with Gasteiger partial charge in [-0.1, -0.05) is 19.8 Å². The van der Waals surface area contributed by atoms with Gasteiger partial charge < -0.3 is 5.32 Å². The second-order valence-electron chi connectivity index (χ2n) is 5.70. The number of rotatable bonds is 8. The van der Waals surface area contributed by atoms with Gasteiger partial charge in [-0.15, -0.1) is 0 Å². The fourth-order valence-electron chi connectivity index (χ4n) is 2.64. The number of nitrogens with one attached hydrogen (secondary N) is 1. The Balaban J connectivity index is 2.05. The van der Waals surface area contributed by atoms with Gasteiger partial charge in [0.25, 0.3) is 0 Å². The number of aryl methyl sites for hydroxylation is 2. The first kappa shape index (κ1) is 15.0. The van der Waals surface area contributed by atoms with Gasteiger partial charge in [0.15, 0.2) is 0 Å². The third-order valence-corrected chi connectivity index (χ3v) is 4.92. The molecule has 1 atom stereocenters. The Bertz CT molecular complexity index is 410. The minimum atomic E-state index is 0.602. The van der Waals surface area contributed by atoms with Gasteiger partial charge in [0.1, 0.15) is 0 Å². The molecular formula is C15H26BrN3. The summed E-state index contributed by atoms with van der Waals surface area (Å²) in [6.45, 7) is 8.55. The third kappa shape index (κ3) is 4.06. The molecule has 4 heteroatoms. The van der Waals surface area contributed by atoms with Gasteiger partial charge in [-0.05, 0) is 55.1 Å². The van der Waals surface area contributed by atoms with Gasteiger partial charge in [-0.25, -0.2) is 0 Å². The molecule has 0 aliphatic heterocycles. The van der Waals surface area contributed by atoms with Crippen LogP contribution < -0.4 is 5.32 Å². The molecule has 0 aromatic carbocycles. The van der Waals surface area contributed by atoms with E-state index in [0.717, 1.165) is 31.1 Å². The average molecular weight is 328 g/mol. The van der Waals surface area contributed by atoms with Crippen LogP contribution in [0, 0.1) is 12.8 Å². The Labute approximate surface area is 125 Å². The van der Waals surface area contributed by atoms with Crippen LogP contribution in [-0.2, 0) is 13.0 Å². The first-order valence-corrected chi connectivity index (χ1v) is 8.40. The lowest BCUT2D eigenvalue weighted by Crippen LogP contribution is -2.33. The molecule has 1 aromatic rings. The second kappa shape index (κ2) is 6.89. The maximum Gasteiger partial charge on any atom is 0.0738 e. The van der Waals surface area contributed by atoms with Crippen LogP contribution >= 0.6 is 15.9 Å². The summed E-state index contributed by atoms with van der Waals surface area (Å²) in [5.74, 6) is 0.965. The normalized spacial score (nSPS) is 16.8. The predicted octanol–water partition coefficient (Wildman–Crippen LogP) is 3.68. The number of aromatic nitrogens is 2. The van der Waals surface area contributed by atoms with E-state index in [2.05, 4.69) is 51.8 Å². The molecule has 0 amide bonds. The highest BCUT2D eigenvalue weighted by Gasteiger charge is 2.26. The summed E-state index contributed by atoms with van der Waals surface area (Å²) in [4.78, 5) is 0. The van der Waals surface area contributed by atoms with Crippen molar-refractivity contribution in [3.8, 4) is 0 Å². The molecule has 3 nitrogen and oxygen atoms in total. The third-order valence-electron chi connectivity index (χ3n) is 3.89. The van der Waals surface area contributed by atoms with E-state index in [9.17, 15) is 0 Å². The van der Waals surface area contributed by atoms with Crippen LogP contribution in [0.1, 0.15) is 50.9 Å². The summed E-state index contributed by atoms with van der Waals surface area (Å²) >= 11 is 3.71. The van der Waals surface area contributed by atoms with E-state index >= 15 is 0 Å². The lowest BCUT2D eigenvalue weighted by atomic mass is 10.0. The summed E-state index contributed by atoms with van der Waals surface area (Å²) in [7, 11) is 0. The zero-order valence-electron chi connectivity index (χ0n) is 12.4. The highest BCUT2D eigenvalue weighted by Crippen LogP contribution is 2.34. The molecule has 1 heterocycles. The maximum atomic E-state index is 4.60. The van der Waals surface area contributed by atoms with Gasteiger partial charge in [0.2, 0.25) is 0 Å². The van der Waals surface area contributed by atoms with Crippen LogP contribution in [0.5, 0.6) is 0 Å². The molecule has 1 saturated carbocycles. The van der Waals surface area contributed by atoms with Gasteiger partial charge in [-0.2, -0.15) is 5.10 Å². The van der Waals surface area contributed by atoms with E-state index in [1.807, 2.05) is 0 Å². The second-order valence-corrected chi connectivity index (χ2v) is 6.49. The van der Waals surface area contributed by atoms with Crippen molar-refractivity contribution in [2.75, 3.05) is 6.54 Å². The maximum absolute atomic E-state index is 4.60. The fourth-order valence-corrected chi connectivity index (χ4v) is 3.09. The molecular weight excluding hydrogens is 302 g/mol. The van der Waals surface area contributed by atoms with Gasteiger partial charge >= 0.3 is 0 Å². The Morgan fingerprint density at radius 3 is 2.74 bits per heavy atom. The Hall–Kier alpha value is -0.350. The molecule has 1 N–H and O–H groups in total. The zero-order valence-corrected chi connectivity index (χ0v) is 14.0. The van der Waals surface area contributed by atoms with E-state index in [1.165, 1.54) is 35.8 Å². The molecule has 0 radical (unpaired) electrons. The molecule has 1 fully saturated rings. The molecule has 0 saturated heterocycles. The molecule has 1 aromatic heterocycles. The SMILES string of the molecule is CCCNC(Cc1c(Br)c(C)nn1CC)CC1CC1. The van der Waals surface area contributed by atoms with Crippen LogP contribution in [0.2, 0.25) is 0 Å². The molecule has 0 bridgehead atoms. The van der Waals surface area contributed by atoms with Crippen LogP contribution in [0.3, 0.4) is 0 Å². The van der Waals surface area contributed by atoms with Crippen LogP contribution in [0.4, 0.5) is 0 Å². The van der Waals surface area contributed by atoms with E-state index in [-0.39, 0.29) is 0 Å². The Kier molecular flexibility index (Phi) is 5.46. The Morgan fingerprint density at radius 2 is 2.16 bits per heavy atom. The average Bonchev–Trinajstić information content (AvgIpc) is 3.17. The van der Waals surface area contributed by atoms with Crippen molar-refractivity contribution < 1.29 is 0 Å². The predicted molar refractivity (Wildman–Crippen MR) is 83.5 cm³/mol. The number of nitrogens with zero attached hydrogens (tertiary/aromatic N) is 2. The number of halogens is 1. The number of hydrogen-bond donors (Lipinski definition) is 1. The van der Waals surface area contributed by atoms with Gasteiger partial charge in [0.05, 0.1) is 15.9 Å². The van der Waals surface area contributed by atoms with Crippen molar-refractivity contribution in [1.29, 1.82) is 0 Å². The summed E-state index contributed by atoms with van der Waals surface area (Å²) in [6.07, 6.45) is 6.47.